The number of hydrogen-bond donors (Lipinski definition) is 2. The molecule has 0 saturated heterocycles. The van der Waals surface area contributed by atoms with Gasteiger partial charge in [-0.05, 0) is 30.3 Å². The second-order valence-corrected chi connectivity index (χ2v) is 7.05. The van der Waals surface area contributed by atoms with E-state index in [4.69, 9.17) is 23.2 Å². The van der Waals surface area contributed by atoms with Crippen LogP contribution in [-0.2, 0) is 11.3 Å². The molecule has 0 bridgehead atoms. The van der Waals surface area contributed by atoms with Gasteiger partial charge in [-0.25, -0.2) is 0 Å². The number of fused-ring (bicyclic) bond motifs is 1. The fourth-order valence-corrected chi connectivity index (χ4v) is 3.50. The van der Waals surface area contributed by atoms with Gasteiger partial charge in [-0.1, -0.05) is 47.5 Å². The molecule has 27 heavy (non-hydrogen) atoms. The highest BCUT2D eigenvalue weighted by Gasteiger charge is 2.38. The third-order valence-electron chi connectivity index (χ3n) is 4.28. The summed E-state index contributed by atoms with van der Waals surface area (Å²) < 4.78 is 38.7. The van der Waals surface area contributed by atoms with Crippen molar-refractivity contribution in [2.75, 3.05) is 10.6 Å². The normalized spacial score (nSPS) is 18.6. The predicted octanol–water partition coefficient (Wildman–Crippen LogP) is 6.31. The van der Waals surface area contributed by atoms with Crippen LogP contribution in [0.2, 0.25) is 5.02 Å². The molecule has 4 rings (SSSR count). The van der Waals surface area contributed by atoms with Crippen LogP contribution in [0.5, 0.6) is 0 Å². The molecule has 2 heterocycles. The van der Waals surface area contributed by atoms with Crippen LogP contribution in [0.25, 0.3) is 11.3 Å². The number of rotatable bonds is 2. The molecule has 0 saturated carbocycles. The maximum Gasteiger partial charge on any atom is 0.416 e. The fraction of sp³-hybridized carbons (Fsp3) is 0.105. The van der Waals surface area contributed by atoms with Crippen LogP contribution < -0.4 is 10.6 Å². The Morgan fingerprint density at radius 1 is 0.926 bits per heavy atom. The van der Waals surface area contributed by atoms with Crippen LogP contribution >= 0.6 is 23.2 Å². The van der Waals surface area contributed by atoms with E-state index in [-0.39, 0.29) is 5.69 Å². The summed E-state index contributed by atoms with van der Waals surface area (Å²) in [7, 11) is 0. The Balaban J connectivity index is 1.63. The molecule has 1 atom stereocenters. The zero-order valence-electron chi connectivity index (χ0n) is 13.6. The van der Waals surface area contributed by atoms with Crippen LogP contribution in [0.1, 0.15) is 11.1 Å². The highest BCUT2D eigenvalue weighted by atomic mass is 35.5. The largest absolute Gasteiger partial charge is 0.416 e. The topological polar surface area (TPSA) is 37.0 Å². The summed E-state index contributed by atoms with van der Waals surface area (Å²) in [5.41, 5.74) is 2.13. The maximum absolute atomic E-state index is 12.9. The quantitative estimate of drug-likeness (QED) is 0.384. The lowest BCUT2D eigenvalue weighted by atomic mass is 10.1. The molecular formula is C19H12Cl2F3N3. The van der Waals surface area contributed by atoms with Crippen molar-refractivity contribution in [1.82, 2.24) is 4.98 Å². The summed E-state index contributed by atoms with van der Waals surface area (Å²) >= 11 is 12.8. The number of halogens is 5. The van der Waals surface area contributed by atoms with E-state index >= 15 is 0 Å². The van der Waals surface area contributed by atoms with Gasteiger partial charge in [0.1, 0.15) is 0 Å². The molecule has 1 aliphatic heterocycles. The molecule has 0 fully saturated rings. The lowest BCUT2D eigenvalue weighted by molar-refractivity contribution is -0.137. The van der Waals surface area contributed by atoms with Gasteiger partial charge in [-0.2, -0.15) is 13.2 Å². The van der Waals surface area contributed by atoms with Crippen LogP contribution in [0, 0.1) is 0 Å². The molecular weight excluding hydrogens is 398 g/mol. The highest BCUT2D eigenvalue weighted by molar-refractivity contribution is 6.33. The lowest BCUT2D eigenvalue weighted by Crippen LogP contribution is -2.32. The van der Waals surface area contributed by atoms with Gasteiger partial charge >= 0.3 is 6.18 Å². The first-order valence-electron chi connectivity index (χ1n) is 7.94. The molecule has 2 aromatic carbocycles. The van der Waals surface area contributed by atoms with Crippen molar-refractivity contribution in [3.63, 3.8) is 0 Å². The lowest BCUT2D eigenvalue weighted by Gasteiger charge is -2.24. The number of aromatic nitrogens is 1. The number of hydrogen-bond acceptors (Lipinski definition) is 3. The van der Waals surface area contributed by atoms with Gasteiger partial charge in [-0.15, -0.1) is 0 Å². The molecule has 0 spiro atoms. The summed E-state index contributed by atoms with van der Waals surface area (Å²) in [5.74, 6) is 0. The summed E-state index contributed by atoms with van der Waals surface area (Å²) in [5, 5.41) is 5.22. The van der Waals surface area contributed by atoms with Crippen molar-refractivity contribution in [3.8, 4) is 11.3 Å². The summed E-state index contributed by atoms with van der Waals surface area (Å²) in [4.78, 5) is 4.26. The summed E-state index contributed by atoms with van der Waals surface area (Å²) in [6, 6.07) is 14.0. The number of nitrogens with zero attached hydrogens (tertiary/aromatic N) is 1. The first-order chi connectivity index (χ1) is 12.8. The van der Waals surface area contributed by atoms with Crippen molar-refractivity contribution < 1.29 is 13.2 Å². The van der Waals surface area contributed by atoms with Crippen LogP contribution in [-0.4, -0.2) is 4.98 Å². The molecule has 1 aliphatic rings. The van der Waals surface area contributed by atoms with E-state index in [0.29, 0.717) is 22.0 Å². The fourth-order valence-electron chi connectivity index (χ4n) is 2.94. The van der Waals surface area contributed by atoms with Crippen molar-refractivity contribution in [2.24, 2.45) is 0 Å². The monoisotopic (exact) mass is 409 g/mol. The number of anilines is 2. The smallest absolute Gasteiger partial charge is 0.345 e. The van der Waals surface area contributed by atoms with E-state index in [2.05, 4.69) is 15.6 Å². The van der Waals surface area contributed by atoms with Gasteiger partial charge in [0, 0.05) is 17.3 Å². The van der Waals surface area contributed by atoms with E-state index in [0.717, 1.165) is 17.7 Å². The Labute approximate surface area is 163 Å². The number of pyridine rings is 1. The Kier molecular flexibility index (Phi) is 4.20. The van der Waals surface area contributed by atoms with Gasteiger partial charge < -0.3 is 10.6 Å². The highest BCUT2D eigenvalue weighted by Crippen LogP contribution is 2.44. The van der Waals surface area contributed by atoms with E-state index < -0.39 is 16.9 Å². The van der Waals surface area contributed by atoms with Gasteiger partial charge in [0.05, 0.1) is 27.7 Å². The maximum atomic E-state index is 12.9. The van der Waals surface area contributed by atoms with Gasteiger partial charge in [-0.3, -0.25) is 4.98 Å². The number of nitrogens with one attached hydrogen (secondary N) is 2. The SMILES string of the molecule is FC(F)(F)c1ccc2c(c1)NC(Cl)(c1ccc(-c3ncccc3Cl)cc1)N2. The zero-order chi connectivity index (χ0) is 19.2. The van der Waals surface area contributed by atoms with Gasteiger partial charge in [0.15, 0.2) is 0 Å². The molecule has 3 nitrogen and oxygen atoms in total. The molecule has 1 aromatic heterocycles. The minimum absolute atomic E-state index is 0.289. The Hall–Kier alpha value is -2.44. The van der Waals surface area contributed by atoms with Crippen molar-refractivity contribution in [3.05, 3.63) is 76.9 Å². The molecule has 3 aromatic rings. The molecule has 8 heteroatoms. The molecule has 138 valence electrons. The van der Waals surface area contributed by atoms with E-state index in [1.54, 1.807) is 42.6 Å². The van der Waals surface area contributed by atoms with Crippen LogP contribution in [0.3, 0.4) is 0 Å². The Bertz CT molecular complexity index is 1010. The molecule has 1 unspecified atom stereocenters. The minimum atomic E-state index is -4.42. The van der Waals surface area contributed by atoms with E-state index in [1.807, 2.05) is 0 Å². The number of alkyl halides is 4. The van der Waals surface area contributed by atoms with E-state index in [1.165, 1.54) is 6.07 Å². The minimum Gasteiger partial charge on any atom is -0.345 e. The second-order valence-electron chi connectivity index (χ2n) is 6.08. The first-order valence-corrected chi connectivity index (χ1v) is 8.70. The van der Waals surface area contributed by atoms with Gasteiger partial charge in [0.25, 0.3) is 0 Å². The average molecular weight is 410 g/mol. The third-order valence-corrected chi connectivity index (χ3v) is 4.99. The molecule has 2 N–H and O–H groups in total. The third kappa shape index (κ3) is 3.31. The average Bonchev–Trinajstić information content (AvgIpc) is 2.98. The molecule has 0 aliphatic carbocycles. The van der Waals surface area contributed by atoms with Crippen molar-refractivity contribution in [1.29, 1.82) is 0 Å². The Morgan fingerprint density at radius 3 is 2.30 bits per heavy atom. The predicted molar refractivity (Wildman–Crippen MR) is 101 cm³/mol. The first kappa shape index (κ1) is 17.9. The second kappa shape index (κ2) is 6.32. The number of benzene rings is 2. The zero-order valence-corrected chi connectivity index (χ0v) is 15.1. The summed E-state index contributed by atoms with van der Waals surface area (Å²) in [6.07, 6.45) is -2.77. The summed E-state index contributed by atoms with van der Waals surface area (Å²) in [6.45, 7) is 0. The van der Waals surface area contributed by atoms with Crippen molar-refractivity contribution >= 4 is 34.6 Å². The van der Waals surface area contributed by atoms with E-state index in [9.17, 15) is 13.2 Å². The van der Waals surface area contributed by atoms with Gasteiger partial charge in [0.2, 0.25) is 5.12 Å². The Morgan fingerprint density at radius 2 is 1.63 bits per heavy atom. The van der Waals surface area contributed by atoms with Crippen molar-refractivity contribution in [2.45, 2.75) is 11.3 Å². The van der Waals surface area contributed by atoms with Crippen LogP contribution in [0.4, 0.5) is 24.5 Å². The molecule has 0 radical (unpaired) electrons. The standard InChI is InChI=1S/C19H12Cl2F3N3/c20-14-2-1-9-25-17(14)11-3-5-12(6-4-11)18(21)26-15-8-7-13(19(22,23)24)10-16(15)27-18/h1-10,26-27H. The molecule has 0 amide bonds. The van der Waals surface area contributed by atoms with Crippen LogP contribution in [0.15, 0.2) is 60.8 Å².